The van der Waals surface area contributed by atoms with Gasteiger partial charge in [-0.3, -0.25) is 4.79 Å². The van der Waals surface area contributed by atoms with Crippen LogP contribution in [0.25, 0.3) is 0 Å². The predicted molar refractivity (Wildman–Crippen MR) is 112 cm³/mol. The van der Waals surface area contributed by atoms with Crippen LogP contribution in [0.5, 0.6) is 5.75 Å². The molecule has 3 rings (SSSR count). The normalized spacial score (nSPS) is 29.7. The van der Waals surface area contributed by atoms with E-state index in [1.807, 2.05) is 26.0 Å². The molecule has 0 bridgehead atoms. The number of hydrogen-bond acceptors (Lipinski definition) is 5. The molecule has 0 aliphatic heterocycles. The number of carbonyl (C=O) groups is 2. The van der Waals surface area contributed by atoms with Crippen molar-refractivity contribution in [2.24, 2.45) is 11.8 Å². The van der Waals surface area contributed by atoms with Crippen molar-refractivity contribution in [1.82, 2.24) is 0 Å². The molecular formula is C22H28Cl2O5. The molecule has 1 aromatic carbocycles. The van der Waals surface area contributed by atoms with Crippen LogP contribution in [0, 0.1) is 11.8 Å². The highest BCUT2D eigenvalue weighted by Crippen LogP contribution is 2.64. The third-order valence-corrected chi connectivity index (χ3v) is 7.25. The number of methoxy groups -OCH3 is 1. The molecule has 3 unspecified atom stereocenters. The van der Waals surface area contributed by atoms with Crippen LogP contribution < -0.4 is 4.74 Å². The minimum absolute atomic E-state index is 0.00383. The van der Waals surface area contributed by atoms with Gasteiger partial charge in [-0.15, -0.1) is 23.2 Å². The standard InChI is InChI=1S/C22H28Cl2O5/c1-7-28-19(26)22(12(2)13(22)3)15-10-14(16-11-21(16,23)24)8-9-17(15)29-20(4,5)18(25)27-6/h8-10,12-13,16H,7,11H2,1-6H3. The van der Waals surface area contributed by atoms with E-state index in [-0.39, 0.29) is 23.7 Å². The minimum atomic E-state index is -1.22. The van der Waals surface area contributed by atoms with Crippen molar-refractivity contribution in [1.29, 1.82) is 0 Å². The Bertz CT molecular complexity index is 824. The third kappa shape index (κ3) is 3.61. The highest BCUT2D eigenvalue weighted by molar-refractivity contribution is 6.51. The number of hydrogen-bond donors (Lipinski definition) is 0. The Labute approximate surface area is 182 Å². The van der Waals surface area contributed by atoms with Crippen LogP contribution in [0.1, 0.15) is 58.1 Å². The molecule has 5 nitrogen and oxygen atoms in total. The maximum atomic E-state index is 13.1. The van der Waals surface area contributed by atoms with Crippen LogP contribution in [-0.2, 0) is 24.5 Å². The SMILES string of the molecule is CCOC(=O)C1(c2cc(C3CC3(Cl)Cl)ccc2OC(C)(C)C(=O)OC)C(C)C1C. The fraction of sp³-hybridized carbons (Fsp3) is 0.636. The van der Waals surface area contributed by atoms with Gasteiger partial charge in [-0.1, -0.05) is 26.0 Å². The predicted octanol–water partition coefficient (Wildman–Crippen LogP) is 4.76. The van der Waals surface area contributed by atoms with Crippen LogP contribution in [0.3, 0.4) is 0 Å². The lowest BCUT2D eigenvalue weighted by molar-refractivity contribution is -0.156. The van der Waals surface area contributed by atoms with Gasteiger partial charge < -0.3 is 14.2 Å². The van der Waals surface area contributed by atoms with E-state index in [4.69, 9.17) is 37.4 Å². The first-order valence-corrected chi connectivity index (χ1v) is 10.7. The first kappa shape index (κ1) is 22.2. The first-order valence-electron chi connectivity index (χ1n) is 9.90. The molecule has 0 spiro atoms. The summed E-state index contributed by atoms with van der Waals surface area (Å²) < 4.78 is 15.6. The molecular weight excluding hydrogens is 415 g/mol. The van der Waals surface area contributed by atoms with Crippen molar-refractivity contribution >= 4 is 35.1 Å². The van der Waals surface area contributed by atoms with Crippen LogP contribution in [0.15, 0.2) is 18.2 Å². The highest BCUT2D eigenvalue weighted by Gasteiger charge is 2.68. The Kier molecular flexibility index (Phi) is 5.63. The topological polar surface area (TPSA) is 61.8 Å². The van der Waals surface area contributed by atoms with Crippen molar-refractivity contribution in [2.45, 2.75) is 62.3 Å². The van der Waals surface area contributed by atoms with E-state index in [0.29, 0.717) is 24.3 Å². The summed E-state index contributed by atoms with van der Waals surface area (Å²) in [5, 5.41) is 0. The van der Waals surface area contributed by atoms with E-state index < -0.39 is 21.3 Å². The van der Waals surface area contributed by atoms with E-state index in [2.05, 4.69) is 0 Å². The molecule has 3 atom stereocenters. The second kappa shape index (κ2) is 7.35. The molecule has 0 radical (unpaired) electrons. The summed E-state index contributed by atoms with van der Waals surface area (Å²) >= 11 is 12.6. The summed E-state index contributed by atoms with van der Waals surface area (Å²) in [5.41, 5.74) is -0.390. The van der Waals surface area contributed by atoms with Gasteiger partial charge in [0, 0.05) is 11.5 Å². The summed E-state index contributed by atoms with van der Waals surface area (Å²) in [6.45, 7) is 9.39. The van der Waals surface area contributed by atoms with Crippen molar-refractivity contribution < 1.29 is 23.8 Å². The number of halogens is 2. The molecule has 2 saturated carbocycles. The first-order chi connectivity index (χ1) is 13.4. The van der Waals surface area contributed by atoms with Crippen molar-refractivity contribution in [3.8, 4) is 5.75 Å². The lowest BCUT2D eigenvalue weighted by Gasteiger charge is -2.28. The Morgan fingerprint density at radius 1 is 1.21 bits per heavy atom. The lowest BCUT2D eigenvalue weighted by atomic mass is 9.88. The zero-order chi connectivity index (χ0) is 21.8. The van der Waals surface area contributed by atoms with Crippen LogP contribution in [0.4, 0.5) is 0 Å². The fourth-order valence-corrected chi connectivity index (χ4v) is 4.87. The van der Waals surface area contributed by atoms with E-state index in [1.54, 1.807) is 26.8 Å². The number of ether oxygens (including phenoxy) is 3. The van der Waals surface area contributed by atoms with Gasteiger partial charge in [0.2, 0.25) is 0 Å². The number of alkyl halides is 2. The van der Waals surface area contributed by atoms with Gasteiger partial charge in [0.15, 0.2) is 5.60 Å². The molecule has 0 saturated heterocycles. The molecule has 7 heteroatoms. The Hall–Kier alpha value is -1.46. The van der Waals surface area contributed by atoms with Crippen LogP contribution in [-0.4, -0.2) is 35.6 Å². The zero-order valence-electron chi connectivity index (χ0n) is 17.7. The maximum Gasteiger partial charge on any atom is 0.349 e. The summed E-state index contributed by atoms with van der Waals surface area (Å²) in [7, 11) is 1.32. The van der Waals surface area contributed by atoms with Crippen LogP contribution in [0.2, 0.25) is 0 Å². The maximum absolute atomic E-state index is 13.1. The summed E-state index contributed by atoms with van der Waals surface area (Å²) in [6, 6.07) is 5.62. The van der Waals surface area contributed by atoms with Gasteiger partial charge in [0.05, 0.1) is 13.7 Å². The largest absolute Gasteiger partial charge is 0.476 e. The second-order valence-electron chi connectivity index (χ2n) is 8.54. The smallest absolute Gasteiger partial charge is 0.349 e. The molecule has 160 valence electrons. The number of carbonyl (C=O) groups excluding carboxylic acids is 2. The Morgan fingerprint density at radius 2 is 1.79 bits per heavy atom. The third-order valence-electron chi connectivity index (χ3n) is 6.41. The van der Waals surface area contributed by atoms with E-state index in [1.165, 1.54) is 7.11 Å². The highest BCUT2D eigenvalue weighted by atomic mass is 35.5. The van der Waals surface area contributed by atoms with Crippen molar-refractivity contribution in [3.05, 3.63) is 29.3 Å². The number of rotatable bonds is 7. The molecule has 1 aromatic rings. The molecule has 0 aromatic heterocycles. The quantitative estimate of drug-likeness (QED) is 0.449. The molecule has 2 aliphatic carbocycles. The molecule has 0 heterocycles. The Morgan fingerprint density at radius 3 is 2.24 bits per heavy atom. The monoisotopic (exact) mass is 442 g/mol. The summed E-state index contributed by atoms with van der Waals surface area (Å²) in [5.74, 6) is -0.193. The van der Waals surface area contributed by atoms with Gasteiger partial charge in [-0.05, 0) is 50.7 Å². The van der Waals surface area contributed by atoms with Crippen molar-refractivity contribution in [3.63, 3.8) is 0 Å². The molecule has 2 aliphatic rings. The van der Waals surface area contributed by atoms with E-state index in [0.717, 1.165) is 5.56 Å². The molecule has 29 heavy (non-hydrogen) atoms. The summed E-state index contributed by atoms with van der Waals surface area (Å²) in [4.78, 5) is 25.2. The zero-order valence-corrected chi connectivity index (χ0v) is 19.2. The second-order valence-corrected chi connectivity index (χ2v) is 10.1. The van der Waals surface area contributed by atoms with E-state index in [9.17, 15) is 9.59 Å². The van der Waals surface area contributed by atoms with Gasteiger partial charge in [-0.2, -0.15) is 0 Å². The molecule has 2 fully saturated rings. The van der Waals surface area contributed by atoms with Crippen molar-refractivity contribution in [2.75, 3.05) is 13.7 Å². The van der Waals surface area contributed by atoms with Crippen LogP contribution >= 0.6 is 23.2 Å². The lowest BCUT2D eigenvalue weighted by Crippen LogP contribution is -2.40. The number of esters is 2. The Balaban J connectivity index is 2.10. The van der Waals surface area contributed by atoms with Gasteiger partial charge in [-0.25, -0.2) is 4.79 Å². The van der Waals surface area contributed by atoms with Gasteiger partial charge in [0.25, 0.3) is 0 Å². The van der Waals surface area contributed by atoms with E-state index >= 15 is 0 Å². The summed E-state index contributed by atoms with van der Waals surface area (Å²) in [6.07, 6.45) is 0.654. The molecule has 0 amide bonds. The number of benzene rings is 1. The van der Waals surface area contributed by atoms with Gasteiger partial charge >= 0.3 is 11.9 Å². The average molecular weight is 443 g/mol. The fourth-order valence-electron chi connectivity index (χ4n) is 4.31. The van der Waals surface area contributed by atoms with Gasteiger partial charge in [0.1, 0.15) is 15.5 Å². The average Bonchev–Trinajstić information content (AvgIpc) is 3.47. The molecule has 0 N–H and O–H groups in total. The minimum Gasteiger partial charge on any atom is -0.476 e.